The molecule has 23 heavy (non-hydrogen) atoms. The summed E-state index contributed by atoms with van der Waals surface area (Å²) in [6.45, 7) is 2.65. The zero-order chi connectivity index (χ0) is 17.2. The Labute approximate surface area is 132 Å². The molecule has 128 valence electrons. The maximum Gasteiger partial charge on any atom is 0.433 e. The van der Waals surface area contributed by atoms with Gasteiger partial charge >= 0.3 is 6.18 Å². The third kappa shape index (κ3) is 3.83. The molecule has 1 fully saturated rings. The Morgan fingerprint density at radius 2 is 2.09 bits per heavy atom. The molecular weight excluding hydrogens is 311 g/mol. The summed E-state index contributed by atoms with van der Waals surface area (Å²) < 4.78 is 39.3. The number of alkyl halides is 3. The lowest BCUT2D eigenvalue weighted by Crippen LogP contribution is -2.56. The van der Waals surface area contributed by atoms with Crippen molar-refractivity contribution in [2.24, 2.45) is 0 Å². The summed E-state index contributed by atoms with van der Waals surface area (Å²) in [5, 5.41) is 2.73. The number of nitrogens with zero attached hydrogens (tertiary/aromatic N) is 4. The van der Waals surface area contributed by atoms with Crippen LogP contribution in [0.2, 0.25) is 0 Å². The normalized spacial score (nSPS) is 18.8. The highest BCUT2D eigenvalue weighted by Gasteiger charge is 2.36. The molecule has 1 unspecified atom stereocenters. The average molecular weight is 331 g/mol. The Hall–Kier alpha value is -2.06. The molecule has 0 aromatic carbocycles. The predicted octanol–water partition coefficient (Wildman–Crippen LogP) is 1.67. The van der Waals surface area contributed by atoms with Crippen molar-refractivity contribution in [1.82, 2.24) is 15.3 Å². The van der Waals surface area contributed by atoms with Crippen LogP contribution in [0, 0.1) is 0 Å². The minimum atomic E-state index is -4.57. The van der Waals surface area contributed by atoms with Crippen LogP contribution < -0.4 is 15.1 Å². The number of carbonyl (C=O) groups is 1. The molecule has 0 saturated carbocycles. The van der Waals surface area contributed by atoms with Gasteiger partial charge in [0.1, 0.15) is 11.9 Å². The van der Waals surface area contributed by atoms with Gasteiger partial charge in [-0.1, -0.05) is 13.3 Å². The van der Waals surface area contributed by atoms with Crippen LogP contribution in [0.25, 0.3) is 0 Å². The molecule has 1 aromatic rings. The van der Waals surface area contributed by atoms with Crippen molar-refractivity contribution >= 4 is 17.7 Å². The second kappa shape index (κ2) is 6.59. The number of rotatable bonds is 4. The van der Waals surface area contributed by atoms with E-state index in [2.05, 4.69) is 15.3 Å². The Bertz CT molecular complexity index is 576. The summed E-state index contributed by atoms with van der Waals surface area (Å²) >= 11 is 0. The van der Waals surface area contributed by atoms with Crippen molar-refractivity contribution < 1.29 is 18.0 Å². The van der Waals surface area contributed by atoms with E-state index in [1.165, 1.54) is 4.90 Å². The first-order valence-corrected chi connectivity index (χ1v) is 7.42. The lowest BCUT2D eigenvalue weighted by Gasteiger charge is -2.35. The number of anilines is 2. The van der Waals surface area contributed by atoms with Crippen LogP contribution in [0.5, 0.6) is 0 Å². The largest absolute Gasteiger partial charge is 0.433 e. The van der Waals surface area contributed by atoms with E-state index < -0.39 is 17.9 Å². The molecule has 1 N–H and O–H groups in total. The molecule has 0 aliphatic carbocycles. The van der Waals surface area contributed by atoms with E-state index in [0.29, 0.717) is 19.5 Å². The van der Waals surface area contributed by atoms with Crippen LogP contribution in [-0.2, 0) is 11.0 Å². The van der Waals surface area contributed by atoms with Crippen LogP contribution in [0.4, 0.5) is 24.9 Å². The topological polar surface area (TPSA) is 61.4 Å². The van der Waals surface area contributed by atoms with E-state index in [1.54, 1.807) is 19.0 Å². The molecule has 1 aliphatic rings. The maximum absolute atomic E-state index is 13.1. The van der Waals surface area contributed by atoms with Gasteiger partial charge in [-0.25, -0.2) is 4.98 Å². The van der Waals surface area contributed by atoms with Crippen molar-refractivity contribution in [3.8, 4) is 0 Å². The molecule has 1 amide bonds. The molecule has 0 bridgehead atoms. The van der Waals surface area contributed by atoms with Gasteiger partial charge in [0.15, 0.2) is 5.69 Å². The van der Waals surface area contributed by atoms with Gasteiger partial charge in [0.05, 0.1) is 0 Å². The number of hydrogen-bond acceptors (Lipinski definition) is 5. The first-order valence-electron chi connectivity index (χ1n) is 7.42. The van der Waals surface area contributed by atoms with Gasteiger partial charge in [-0.3, -0.25) is 4.79 Å². The zero-order valence-electron chi connectivity index (χ0n) is 13.3. The highest BCUT2D eigenvalue weighted by atomic mass is 19.4. The van der Waals surface area contributed by atoms with Crippen LogP contribution in [0.1, 0.15) is 25.5 Å². The fourth-order valence-electron chi connectivity index (χ4n) is 2.44. The third-order valence-electron chi connectivity index (χ3n) is 3.60. The minimum Gasteiger partial charge on any atom is -0.363 e. The van der Waals surface area contributed by atoms with Gasteiger partial charge < -0.3 is 15.1 Å². The Balaban J connectivity index is 2.47. The van der Waals surface area contributed by atoms with E-state index >= 15 is 0 Å². The van der Waals surface area contributed by atoms with Gasteiger partial charge in [-0.2, -0.15) is 18.2 Å². The van der Waals surface area contributed by atoms with Gasteiger partial charge in [0.25, 0.3) is 0 Å². The van der Waals surface area contributed by atoms with Gasteiger partial charge in [-0.05, 0) is 6.42 Å². The summed E-state index contributed by atoms with van der Waals surface area (Å²) in [5.74, 6) is -0.106. The summed E-state index contributed by atoms with van der Waals surface area (Å²) in [4.78, 5) is 22.9. The van der Waals surface area contributed by atoms with E-state index in [0.717, 1.165) is 12.5 Å². The number of halogens is 3. The van der Waals surface area contributed by atoms with Crippen LogP contribution >= 0.6 is 0 Å². The Morgan fingerprint density at radius 3 is 2.65 bits per heavy atom. The highest BCUT2D eigenvalue weighted by Crippen LogP contribution is 2.31. The molecule has 2 heterocycles. The lowest BCUT2D eigenvalue weighted by molar-refractivity contribution is -0.141. The number of aromatic nitrogens is 2. The number of nitrogens with one attached hydrogen (secondary N) is 1. The fraction of sp³-hybridized carbons (Fsp3) is 0.643. The predicted molar refractivity (Wildman–Crippen MR) is 80.4 cm³/mol. The Morgan fingerprint density at radius 1 is 1.39 bits per heavy atom. The molecule has 1 atom stereocenters. The van der Waals surface area contributed by atoms with Crippen molar-refractivity contribution in [1.29, 1.82) is 0 Å². The molecule has 2 rings (SSSR count). The summed E-state index contributed by atoms with van der Waals surface area (Å²) in [5.41, 5.74) is -1.01. The van der Waals surface area contributed by atoms with Gasteiger partial charge in [0, 0.05) is 33.3 Å². The highest BCUT2D eigenvalue weighted by molar-refractivity contribution is 5.86. The summed E-state index contributed by atoms with van der Waals surface area (Å²) in [7, 11) is 3.22. The zero-order valence-corrected chi connectivity index (χ0v) is 13.3. The second-order valence-electron chi connectivity index (χ2n) is 5.59. The summed E-state index contributed by atoms with van der Waals surface area (Å²) in [6.07, 6.45) is -3.31. The third-order valence-corrected chi connectivity index (χ3v) is 3.60. The van der Waals surface area contributed by atoms with Crippen molar-refractivity contribution in [2.75, 3.05) is 37.0 Å². The number of carbonyl (C=O) groups excluding carboxylic acids is 1. The smallest absolute Gasteiger partial charge is 0.363 e. The standard InChI is InChI=1S/C14H20F3N5O/c1-4-5-9-12(23)18-6-7-22(9)13-19-10(14(15,16)17)8-11(20-13)21(2)3/h8-9H,4-7H2,1-3H3,(H,18,23). The first-order chi connectivity index (χ1) is 10.7. The minimum absolute atomic E-state index is 0.0585. The SMILES string of the molecule is CCCC1C(=O)NCCN1c1nc(N(C)C)cc(C(F)(F)F)n1. The van der Waals surface area contributed by atoms with E-state index in [9.17, 15) is 18.0 Å². The Kier molecular flexibility index (Phi) is 4.96. The monoisotopic (exact) mass is 331 g/mol. The van der Waals surface area contributed by atoms with Crippen molar-refractivity contribution in [3.05, 3.63) is 11.8 Å². The van der Waals surface area contributed by atoms with Crippen molar-refractivity contribution in [3.63, 3.8) is 0 Å². The maximum atomic E-state index is 13.1. The summed E-state index contributed by atoms with van der Waals surface area (Å²) in [6, 6.07) is 0.356. The second-order valence-corrected chi connectivity index (χ2v) is 5.59. The molecule has 6 nitrogen and oxygen atoms in total. The number of piperazine rings is 1. The molecule has 1 aromatic heterocycles. The van der Waals surface area contributed by atoms with E-state index in [-0.39, 0.29) is 17.7 Å². The van der Waals surface area contributed by atoms with Crippen molar-refractivity contribution in [2.45, 2.75) is 32.0 Å². The molecule has 1 aliphatic heterocycles. The molecule has 0 radical (unpaired) electrons. The average Bonchev–Trinajstić information content (AvgIpc) is 2.48. The van der Waals surface area contributed by atoms with E-state index in [4.69, 9.17) is 0 Å². The molecular formula is C14H20F3N5O. The molecule has 0 spiro atoms. The van der Waals surface area contributed by atoms with Gasteiger partial charge in [0.2, 0.25) is 11.9 Å². The first kappa shape index (κ1) is 17.3. The van der Waals surface area contributed by atoms with E-state index in [1.807, 2.05) is 6.92 Å². The molecule has 9 heteroatoms. The fourth-order valence-corrected chi connectivity index (χ4v) is 2.44. The van der Waals surface area contributed by atoms with Crippen LogP contribution in [-0.4, -0.2) is 49.1 Å². The van der Waals surface area contributed by atoms with Gasteiger partial charge in [-0.15, -0.1) is 0 Å². The van der Waals surface area contributed by atoms with Crippen LogP contribution in [0.15, 0.2) is 6.07 Å². The van der Waals surface area contributed by atoms with Crippen LogP contribution in [0.3, 0.4) is 0 Å². The lowest BCUT2D eigenvalue weighted by atomic mass is 10.1. The molecule has 1 saturated heterocycles. The quantitative estimate of drug-likeness (QED) is 0.909. The number of hydrogen-bond donors (Lipinski definition) is 1. The number of amides is 1.